The number of benzene rings is 1. The van der Waals surface area contributed by atoms with Crippen LogP contribution in [0.3, 0.4) is 0 Å². The van der Waals surface area contributed by atoms with Crippen molar-refractivity contribution in [2.24, 2.45) is 17.3 Å². The monoisotopic (exact) mass is 412 g/mol. The predicted molar refractivity (Wildman–Crippen MR) is 120 cm³/mol. The lowest BCUT2D eigenvalue weighted by Crippen LogP contribution is -2.49. The zero-order chi connectivity index (χ0) is 21.3. The molecule has 5 nitrogen and oxygen atoms in total. The van der Waals surface area contributed by atoms with E-state index in [-0.39, 0.29) is 5.78 Å². The first kappa shape index (κ1) is 21.5. The van der Waals surface area contributed by atoms with Crippen molar-refractivity contribution in [2.45, 2.75) is 39.7 Å². The van der Waals surface area contributed by atoms with Crippen LogP contribution in [0, 0.1) is 17.3 Å². The molecule has 3 unspecified atom stereocenters. The second-order valence-electron chi connectivity index (χ2n) is 9.88. The Hall–Kier alpha value is -1.69. The second-order valence-corrected chi connectivity index (χ2v) is 9.88. The molecule has 0 spiro atoms. The van der Waals surface area contributed by atoms with Gasteiger partial charge in [-0.3, -0.25) is 9.69 Å². The molecule has 2 bridgehead atoms. The molecule has 4 aliphatic rings. The summed E-state index contributed by atoms with van der Waals surface area (Å²) in [6.07, 6.45) is 4.43. The number of fused-ring (bicyclic) bond motifs is 1. The number of aliphatic hydroxyl groups excluding tert-OH is 1. The summed E-state index contributed by atoms with van der Waals surface area (Å²) in [5.74, 6) is 1.62. The van der Waals surface area contributed by atoms with E-state index in [0.29, 0.717) is 31.1 Å². The summed E-state index contributed by atoms with van der Waals surface area (Å²) in [5.41, 5.74) is 3.78. The van der Waals surface area contributed by atoms with E-state index in [4.69, 9.17) is 4.74 Å². The fraction of sp³-hybridized carbons (Fsp3) is 0.640. The number of β-amino-alcohol motifs (C(OH)–C–C–N with tert-alkyl or cyclic N) is 1. The third-order valence-electron chi connectivity index (χ3n) is 7.64. The van der Waals surface area contributed by atoms with Crippen LogP contribution in [0.15, 0.2) is 35.9 Å². The van der Waals surface area contributed by atoms with Gasteiger partial charge in [0.15, 0.2) is 5.78 Å². The van der Waals surface area contributed by atoms with Gasteiger partial charge in [-0.25, -0.2) is 0 Å². The molecular weight excluding hydrogens is 376 g/mol. The van der Waals surface area contributed by atoms with E-state index >= 15 is 0 Å². The highest BCUT2D eigenvalue weighted by Crippen LogP contribution is 2.59. The smallest absolute Gasteiger partial charge is 0.159 e. The van der Waals surface area contributed by atoms with Crippen LogP contribution in [0.5, 0.6) is 0 Å². The first-order valence-electron chi connectivity index (χ1n) is 11.4. The van der Waals surface area contributed by atoms with Gasteiger partial charge in [0, 0.05) is 44.0 Å². The molecule has 3 atom stereocenters. The number of aliphatic hydroxyl groups is 1. The van der Waals surface area contributed by atoms with E-state index in [2.05, 4.69) is 29.7 Å². The van der Waals surface area contributed by atoms with E-state index in [1.54, 1.807) is 6.92 Å². The molecule has 0 aromatic heterocycles. The van der Waals surface area contributed by atoms with Crippen molar-refractivity contribution in [3.63, 3.8) is 0 Å². The zero-order valence-corrected chi connectivity index (χ0v) is 18.6. The molecule has 1 N–H and O–H groups in total. The molecule has 1 aliphatic heterocycles. The number of hydrogen-bond donors (Lipinski definition) is 1. The van der Waals surface area contributed by atoms with Crippen molar-refractivity contribution in [3.05, 3.63) is 41.5 Å². The maximum atomic E-state index is 11.4. The van der Waals surface area contributed by atoms with Gasteiger partial charge in [0.1, 0.15) is 0 Å². The van der Waals surface area contributed by atoms with E-state index in [9.17, 15) is 9.90 Å². The van der Waals surface area contributed by atoms with Crippen LogP contribution in [0.4, 0.5) is 5.69 Å². The van der Waals surface area contributed by atoms with Gasteiger partial charge >= 0.3 is 0 Å². The Labute approximate surface area is 180 Å². The number of carbonyl (C=O) groups is 1. The number of rotatable bonds is 8. The summed E-state index contributed by atoms with van der Waals surface area (Å²) in [6, 6.07) is 7.86. The molecular formula is C25H36N2O3. The highest BCUT2D eigenvalue weighted by Gasteiger charge is 2.50. The average molecular weight is 413 g/mol. The maximum Gasteiger partial charge on any atom is 0.159 e. The standard InChI is InChI=1S/C25H36N2O3/c1-18(28)19-5-8-22(9-6-19)27-12-10-26(11-13-27)15-23(29)17-30-16-20-4-7-21-14-24(20)25(21,2)3/h4-6,8-9,21,23-24,29H,7,10-17H2,1-3H3. The molecule has 1 aromatic carbocycles. The van der Waals surface area contributed by atoms with Gasteiger partial charge in [0.25, 0.3) is 0 Å². The van der Waals surface area contributed by atoms with Crippen LogP contribution < -0.4 is 4.90 Å². The summed E-state index contributed by atoms with van der Waals surface area (Å²) in [5, 5.41) is 10.4. The van der Waals surface area contributed by atoms with E-state index in [1.165, 1.54) is 18.4 Å². The van der Waals surface area contributed by atoms with Crippen molar-refractivity contribution in [1.82, 2.24) is 4.90 Å². The van der Waals surface area contributed by atoms with Gasteiger partial charge in [-0.2, -0.15) is 0 Å². The van der Waals surface area contributed by atoms with E-state index in [1.807, 2.05) is 24.3 Å². The third-order valence-corrected chi connectivity index (χ3v) is 7.64. The Balaban J connectivity index is 1.16. The number of piperazine rings is 1. The van der Waals surface area contributed by atoms with Crippen molar-refractivity contribution in [2.75, 3.05) is 50.8 Å². The minimum absolute atomic E-state index is 0.1000. The number of hydrogen-bond acceptors (Lipinski definition) is 5. The molecule has 30 heavy (non-hydrogen) atoms. The van der Waals surface area contributed by atoms with Crippen LogP contribution in [-0.2, 0) is 4.74 Å². The summed E-state index contributed by atoms with van der Waals surface area (Å²) in [7, 11) is 0. The molecule has 1 aromatic rings. The van der Waals surface area contributed by atoms with Crippen molar-refractivity contribution < 1.29 is 14.6 Å². The summed E-state index contributed by atoms with van der Waals surface area (Å²) in [6.45, 7) is 11.8. The zero-order valence-electron chi connectivity index (χ0n) is 18.6. The van der Waals surface area contributed by atoms with Crippen molar-refractivity contribution >= 4 is 11.5 Å². The topological polar surface area (TPSA) is 53.0 Å². The van der Waals surface area contributed by atoms with E-state index < -0.39 is 6.10 Å². The summed E-state index contributed by atoms with van der Waals surface area (Å²) < 4.78 is 5.90. The first-order chi connectivity index (χ1) is 14.3. The van der Waals surface area contributed by atoms with Crippen LogP contribution >= 0.6 is 0 Å². The fourth-order valence-corrected chi connectivity index (χ4v) is 5.40. The normalized spacial score (nSPS) is 26.7. The van der Waals surface area contributed by atoms with Gasteiger partial charge < -0.3 is 14.7 Å². The molecule has 0 amide bonds. The molecule has 0 radical (unpaired) electrons. The highest BCUT2D eigenvalue weighted by molar-refractivity contribution is 5.94. The average Bonchev–Trinajstić information content (AvgIpc) is 2.74. The Morgan fingerprint density at radius 1 is 1.20 bits per heavy atom. The number of anilines is 1. The second kappa shape index (κ2) is 8.81. The number of allylic oxidation sites excluding steroid dienone is 1. The highest BCUT2D eigenvalue weighted by atomic mass is 16.5. The third kappa shape index (κ3) is 4.48. The van der Waals surface area contributed by atoms with Crippen LogP contribution in [0.2, 0.25) is 0 Å². The summed E-state index contributed by atoms with van der Waals surface area (Å²) >= 11 is 0. The predicted octanol–water partition coefficient (Wildman–Crippen LogP) is 3.38. The Bertz CT molecular complexity index is 778. The lowest BCUT2D eigenvalue weighted by atomic mass is 9.49. The van der Waals surface area contributed by atoms with E-state index in [0.717, 1.165) is 43.3 Å². The molecule has 164 valence electrons. The number of carbonyl (C=O) groups excluding carboxylic acids is 1. The molecule has 1 heterocycles. The Morgan fingerprint density at radius 3 is 2.50 bits per heavy atom. The van der Waals surface area contributed by atoms with Crippen LogP contribution in [-0.4, -0.2) is 67.8 Å². The number of ketones is 1. The quantitative estimate of drug-likeness (QED) is 0.524. The first-order valence-corrected chi connectivity index (χ1v) is 11.4. The lowest BCUT2D eigenvalue weighted by Gasteiger charge is -2.56. The minimum atomic E-state index is -0.447. The Kier molecular flexibility index (Phi) is 6.33. The maximum absolute atomic E-state index is 11.4. The number of ether oxygens (including phenoxy) is 1. The van der Waals surface area contributed by atoms with Crippen molar-refractivity contribution in [1.29, 1.82) is 0 Å². The molecule has 1 saturated heterocycles. The number of nitrogens with zero attached hydrogens (tertiary/aromatic N) is 2. The van der Waals surface area contributed by atoms with Crippen LogP contribution in [0.25, 0.3) is 0 Å². The van der Waals surface area contributed by atoms with Crippen molar-refractivity contribution in [3.8, 4) is 0 Å². The Morgan fingerprint density at radius 2 is 1.90 bits per heavy atom. The molecule has 5 heteroatoms. The van der Waals surface area contributed by atoms with Gasteiger partial charge in [-0.15, -0.1) is 0 Å². The number of Topliss-reactive ketones (excluding diaryl/α,β-unsaturated/α-hetero) is 1. The summed E-state index contributed by atoms with van der Waals surface area (Å²) in [4.78, 5) is 16.1. The molecule has 3 aliphatic carbocycles. The lowest BCUT2D eigenvalue weighted by molar-refractivity contribution is -0.0262. The van der Waals surface area contributed by atoms with Gasteiger partial charge in [-0.05, 0) is 66.9 Å². The molecule has 2 fully saturated rings. The molecule has 1 saturated carbocycles. The van der Waals surface area contributed by atoms with Gasteiger partial charge in [-0.1, -0.05) is 19.9 Å². The largest absolute Gasteiger partial charge is 0.389 e. The minimum Gasteiger partial charge on any atom is -0.389 e. The van der Waals surface area contributed by atoms with Crippen LogP contribution in [0.1, 0.15) is 44.0 Å². The van der Waals surface area contributed by atoms with Gasteiger partial charge in [0.2, 0.25) is 0 Å². The van der Waals surface area contributed by atoms with Gasteiger partial charge in [0.05, 0.1) is 19.3 Å². The fourth-order valence-electron chi connectivity index (χ4n) is 5.40. The SMILES string of the molecule is CC(=O)c1ccc(N2CCN(CC(O)COCC3=CCC4CC3C4(C)C)CC2)cc1. The molecule has 5 rings (SSSR count).